The van der Waals surface area contributed by atoms with Gasteiger partial charge >= 0.3 is 8.60 Å². The summed E-state index contributed by atoms with van der Waals surface area (Å²) in [5.74, 6) is 0.388. The highest BCUT2D eigenvalue weighted by molar-refractivity contribution is 7.40. The van der Waals surface area contributed by atoms with Crippen molar-refractivity contribution in [3.63, 3.8) is 0 Å². The Balaban J connectivity index is 2.22. The van der Waals surface area contributed by atoms with Crippen LogP contribution in [-0.4, -0.2) is 23.5 Å². The summed E-state index contributed by atoms with van der Waals surface area (Å²) in [5, 5.41) is 0. The zero-order valence-electron chi connectivity index (χ0n) is 4.08. The van der Waals surface area contributed by atoms with Crippen molar-refractivity contribution in [3.05, 3.63) is 0 Å². The quantitative estimate of drug-likeness (QED) is 0.452. The topological polar surface area (TPSA) is 38.7 Å². The molecule has 0 amide bonds. The van der Waals surface area contributed by atoms with E-state index in [-0.39, 0.29) is 6.10 Å². The first-order chi connectivity index (χ1) is 3.83. The largest absolute Gasteiger partial charge is 0.330 e. The first-order valence-electron chi connectivity index (χ1n) is 2.17. The number of hydrogen-bond acceptors (Lipinski definition) is 3. The second kappa shape index (κ2) is 2.95. The molecule has 1 N–H and O–H groups in total. The smallest absolute Gasteiger partial charge is 0.328 e. The Bertz CT molecular complexity index is 80.9. The van der Waals surface area contributed by atoms with Gasteiger partial charge in [0.15, 0.2) is 0 Å². The summed E-state index contributed by atoms with van der Waals surface area (Å²) in [6.07, 6.45) is -0.104. The van der Waals surface area contributed by atoms with Gasteiger partial charge in [0.25, 0.3) is 0 Å². The van der Waals surface area contributed by atoms with Gasteiger partial charge in [0.1, 0.15) is 6.10 Å². The van der Waals surface area contributed by atoms with Crippen LogP contribution in [0.4, 0.5) is 0 Å². The van der Waals surface area contributed by atoms with Crippen molar-refractivity contribution in [2.45, 2.75) is 6.10 Å². The number of hydrogen-bond donors (Lipinski definition) is 1. The molecule has 0 aromatic rings. The van der Waals surface area contributed by atoms with Crippen LogP contribution in [0, 0.1) is 0 Å². The molecule has 1 rings (SSSR count). The zero-order chi connectivity index (χ0) is 5.98. The summed E-state index contributed by atoms with van der Waals surface area (Å²) in [7, 11) is -1.59. The lowest BCUT2D eigenvalue weighted by Crippen LogP contribution is -2.09. The molecule has 0 spiro atoms. The minimum atomic E-state index is -1.59. The Morgan fingerprint density at radius 2 is 2.62 bits per heavy atom. The molecular formula is C3H6ClO3P. The molecule has 0 aromatic carbocycles. The van der Waals surface area contributed by atoms with Gasteiger partial charge in [0, 0.05) is 0 Å². The Hall–Kier alpha value is 0.600. The van der Waals surface area contributed by atoms with Crippen molar-refractivity contribution in [3.8, 4) is 0 Å². The molecule has 0 radical (unpaired) electrons. The molecule has 5 heteroatoms. The molecule has 1 fully saturated rings. The minimum absolute atomic E-state index is 0.104. The molecule has 2 atom stereocenters. The van der Waals surface area contributed by atoms with E-state index in [2.05, 4.69) is 4.52 Å². The molecule has 0 saturated carbocycles. The fourth-order valence-corrected chi connectivity index (χ4v) is 1.39. The predicted molar refractivity (Wildman–Crippen MR) is 30.7 cm³/mol. The van der Waals surface area contributed by atoms with Gasteiger partial charge in [0.2, 0.25) is 0 Å². The normalized spacial score (nSPS) is 38.2. The van der Waals surface area contributed by atoms with Gasteiger partial charge in [-0.3, -0.25) is 0 Å². The maximum absolute atomic E-state index is 8.59. The lowest BCUT2D eigenvalue weighted by molar-refractivity contribution is 0.259. The van der Waals surface area contributed by atoms with E-state index in [4.69, 9.17) is 21.0 Å². The first kappa shape index (κ1) is 6.72. The van der Waals surface area contributed by atoms with Crippen molar-refractivity contribution >= 4 is 20.2 Å². The van der Waals surface area contributed by atoms with Crippen molar-refractivity contribution in [2.24, 2.45) is 0 Å². The molecule has 0 aliphatic carbocycles. The second-order valence-corrected chi connectivity index (χ2v) is 2.67. The summed E-state index contributed by atoms with van der Waals surface area (Å²) >= 11 is 5.37. The fourth-order valence-electron chi connectivity index (χ4n) is 0.408. The van der Waals surface area contributed by atoms with Gasteiger partial charge in [-0.2, -0.15) is 0 Å². The van der Waals surface area contributed by atoms with Gasteiger partial charge < -0.3 is 13.9 Å². The molecule has 1 heterocycles. The van der Waals surface area contributed by atoms with Crippen LogP contribution in [0.2, 0.25) is 0 Å². The summed E-state index contributed by atoms with van der Waals surface area (Å²) < 4.78 is 9.45. The molecule has 48 valence electrons. The first-order valence-corrected chi connectivity index (χ1v) is 3.84. The minimum Gasteiger partial charge on any atom is -0.328 e. The highest BCUT2D eigenvalue weighted by Crippen LogP contribution is 2.40. The molecule has 8 heavy (non-hydrogen) atoms. The highest BCUT2D eigenvalue weighted by atomic mass is 35.5. The van der Waals surface area contributed by atoms with E-state index in [9.17, 15) is 0 Å². The Kier molecular flexibility index (Phi) is 2.47. The highest BCUT2D eigenvalue weighted by Gasteiger charge is 2.24. The van der Waals surface area contributed by atoms with Crippen LogP contribution >= 0.6 is 20.2 Å². The van der Waals surface area contributed by atoms with Crippen molar-refractivity contribution in [1.29, 1.82) is 0 Å². The van der Waals surface area contributed by atoms with E-state index in [1.165, 1.54) is 0 Å². The zero-order valence-corrected chi connectivity index (χ0v) is 5.73. The molecule has 0 bridgehead atoms. The van der Waals surface area contributed by atoms with Crippen LogP contribution in [0.1, 0.15) is 0 Å². The molecule has 1 aliphatic rings. The Morgan fingerprint density at radius 1 is 1.88 bits per heavy atom. The van der Waals surface area contributed by atoms with Crippen molar-refractivity contribution in [1.82, 2.24) is 0 Å². The van der Waals surface area contributed by atoms with Crippen LogP contribution in [-0.2, 0) is 9.05 Å². The number of halogens is 1. The molecular weight excluding hydrogens is 150 g/mol. The van der Waals surface area contributed by atoms with Gasteiger partial charge in [-0.1, -0.05) is 0 Å². The molecule has 1 aliphatic heterocycles. The predicted octanol–water partition coefficient (Wildman–Crippen LogP) is 0.860. The van der Waals surface area contributed by atoms with Crippen LogP contribution in [0.25, 0.3) is 0 Å². The monoisotopic (exact) mass is 156 g/mol. The lowest BCUT2D eigenvalue weighted by atomic mass is 10.5. The van der Waals surface area contributed by atoms with Gasteiger partial charge in [-0.15, -0.1) is 11.6 Å². The fraction of sp³-hybridized carbons (Fsp3) is 1.00. The molecule has 3 nitrogen and oxygen atoms in total. The molecule has 1 saturated heterocycles. The Labute approximate surface area is 53.5 Å². The standard InChI is InChI=1S/C3H6ClO3P/c4-1-3-2-6-8(5)7-3/h3,5H,1-2H2. The third kappa shape index (κ3) is 1.54. The third-order valence-corrected chi connectivity index (χ3v) is 1.97. The average molecular weight is 157 g/mol. The van der Waals surface area contributed by atoms with E-state index < -0.39 is 8.60 Å². The summed E-state index contributed by atoms with van der Waals surface area (Å²) in [4.78, 5) is 8.59. The van der Waals surface area contributed by atoms with E-state index in [1.807, 2.05) is 0 Å². The van der Waals surface area contributed by atoms with Gasteiger partial charge in [0.05, 0.1) is 12.5 Å². The van der Waals surface area contributed by atoms with Crippen LogP contribution in [0.5, 0.6) is 0 Å². The second-order valence-electron chi connectivity index (χ2n) is 1.42. The van der Waals surface area contributed by atoms with E-state index in [0.29, 0.717) is 12.5 Å². The van der Waals surface area contributed by atoms with Crippen LogP contribution in [0.3, 0.4) is 0 Å². The van der Waals surface area contributed by atoms with Gasteiger partial charge in [-0.05, 0) is 0 Å². The lowest BCUT2D eigenvalue weighted by Gasteiger charge is -1.98. The maximum atomic E-state index is 8.59. The molecule has 0 aromatic heterocycles. The van der Waals surface area contributed by atoms with Gasteiger partial charge in [-0.25, -0.2) is 0 Å². The van der Waals surface area contributed by atoms with E-state index >= 15 is 0 Å². The third-order valence-electron chi connectivity index (χ3n) is 0.782. The summed E-state index contributed by atoms with van der Waals surface area (Å²) in [5.41, 5.74) is 0. The average Bonchev–Trinajstić information content (AvgIpc) is 2.14. The van der Waals surface area contributed by atoms with Crippen LogP contribution in [0.15, 0.2) is 0 Å². The van der Waals surface area contributed by atoms with E-state index in [1.54, 1.807) is 0 Å². The van der Waals surface area contributed by atoms with E-state index in [0.717, 1.165) is 0 Å². The maximum Gasteiger partial charge on any atom is 0.330 e. The number of rotatable bonds is 1. The summed E-state index contributed by atoms with van der Waals surface area (Å²) in [6, 6.07) is 0. The Morgan fingerprint density at radius 3 is 2.88 bits per heavy atom. The van der Waals surface area contributed by atoms with Crippen molar-refractivity contribution in [2.75, 3.05) is 12.5 Å². The number of alkyl halides is 1. The summed E-state index contributed by atoms with van der Waals surface area (Å²) in [6.45, 7) is 0.422. The van der Waals surface area contributed by atoms with Crippen LogP contribution < -0.4 is 0 Å². The van der Waals surface area contributed by atoms with Crippen molar-refractivity contribution < 1.29 is 13.9 Å². The SMILES string of the molecule is OP1OCC(CCl)O1. The molecule has 2 unspecified atom stereocenters.